The van der Waals surface area contributed by atoms with Crippen LogP contribution in [0.3, 0.4) is 0 Å². The fourth-order valence-electron chi connectivity index (χ4n) is 1.88. The van der Waals surface area contributed by atoms with E-state index in [-0.39, 0.29) is 11.0 Å². The first-order chi connectivity index (χ1) is 10.6. The zero-order valence-corrected chi connectivity index (χ0v) is 13.4. The lowest BCUT2D eigenvalue weighted by Gasteiger charge is -2.10. The number of hydrogen-bond donors (Lipinski definition) is 2. The normalized spacial score (nSPS) is 10.4. The Kier molecular flexibility index (Phi) is 4.28. The molecule has 0 saturated carbocycles. The second-order valence-corrected chi connectivity index (χ2v) is 5.67. The molecule has 110 valence electrons. The van der Waals surface area contributed by atoms with E-state index in [9.17, 15) is 4.79 Å². The van der Waals surface area contributed by atoms with Gasteiger partial charge in [0.2, 0.25) is 0 Å². The Bertz CT molecular complexity index is 865. The Morgan fingerprint density at radius 1 is 1.14 bits per heavy atom. The number of fused-ring (bicyclic) bond motifs is 1. The lowest BCUT2D eigenvalue weighted by atomic mass is 10.2. The molecule has 0 aliphatic heterocycles. The molecule has 2 N–H and O–H groups in total. The minimum absolute atomic E-state index is 0.172. The monoisotopic (exact) mass is 348 g/mol. The summed E-state index contributed by atoms with van der Waals surface area (Å²) in [7, 11) is 0. The van der Waals surface area contributed by atoms with Gasteiger partial charge in [-0.2, -0.15) is 8.75 Å². The number of carbonyl (C=O) groups excluding carboxylic acids is 1. The van der Waals surface area contributed by atoms with Gasteiger partial charge in [-0.1, -0.05) is 29.8 Å². The van der Waals surface area contributed by atoms with Crippen molar-refractivity contribution < 1.29 is 4.79 Å². The number of halogens is 1. The van der Waals surface area contributed by atoms with Crippen LogP contribution < -0.4 is 10.6 Å². The number of amides is 1. The van der Waals surface area contributed by atoms with Crippen LogP contribution in [0.25, 0.3) is 11.0 Å². The number of carbonyl (C=O) groups is 1. The van der Waals surface area contributed by atoms with Gasteiger partial charge in [-0.05, 0) is 36.5 Å². The van der Waals surface area contributed by atoms with Crippen LogP contribution in [-0.4, -0.2) is 19.8 Å². The molecule has 0 aliphatic rings. The number of thiocarbonyl (C=S) groups is 1. The number of aromatic nitrogens is 2. The van der Waals surface area contributed by atoms with E-state index in [0.717, 1.165) is 17.2 Å². The highest BCUT2D eigenvalue weighted by molar-refractivity contribution is 7.80. The van der Waals surface area contributed by atoms with E-state index >= 15 is 0 Å². The highest BCUT2D eigenvalue weighted by Crippen LogP contribution is 2.21. The summed E-state index contributed by atoms with van der Waals surface area (Å²) >= 11 is 12.3. The number of rotatable bonds is 2. The molecular formula is C14H9ClN4OS2. The molecule has 8 heteroatoms. The maximum atomic E-state index is 12.1. The average molecular weight is 349 g/mol. The van der Waals surface area contributed by atoms with Crippen LogP contribution in [0, 0.1) is 0 Å². The summed E-state index contributed by atoms with van der Waals surface area (Å²) in [6.07, 6.45) is 0. The van der Waals surface area contributed by atoms with Gasteiger partial charge in [0.15, 0.2) is 5.11 Å². The summed E-state index contributed by atoms with van der Waals surface area (Å²) in [5, 5.41) is 6.09. The minimum atomic E-state index is -0.369. The molecule has 0 bridgehead atoms. The van der Waals surface area contributed by atoms with Crippen LogP contribution in [0.4, 0.5) is 5.69 Å². The predicted molar refractivity (Wildman–Crippen MR) is 92.6 cm³/mol. The van der Waals surface area contributed by atoms with Gasteiger partial charge in [-0.3, -0.25) is 10.1 Å². The quantitative estimate of drug-likeness (QED) is 0.694. The van der Waals surface area contributed by atoms with Crippen molar-refractivity contribution in [3.05, 3.63) is 53.1 Å². The SMILES string of the molecule is O=C(NC(=S)Nc1cccc2nsnc12)c1ccccc1Cl. The van der Waals surface area contributed by atoms with E-state index in [4.69, 9.17) is 23.8 Å². The van der Waals surface area contributed by atoms with Crippen LogP contribution in [0.15, 0.2) is 42.5 Å². The van der Waals surface area contributed by atoms with Crippen LogP contribution in [0.1, 0.15) is 10.4 Å². The highest BCUT2D eigenvalue weighted by atomic mass is 35.5. The number of nitrogens with one attached hydrogen (secondary N) is 2. The van der Waals surface area contributed by atoms with Gasteiger partial charge in [0, 0.05) is 0 Å². The number of hydrogen-bond acceptors (Lipinski definition) is 5. The molecule has 0 atom stereocenters. The largest absolute Gasteiger partial charge is 0.331 e. The lowest BCUT2D eigenvalue weighted by Crippen LogP contribution is -2.34. The Labute approximate surface area is 140 Å². The molecule has 3 rings (SSSR count). The zero-order valence-electron chi connectivity index (χ0n) is 11.0. The highest BCUT2D eigenvalue weighted by Gasteiger charge is 2.12. The van der Waals surface area contributed by atoms with Crippen molar-refractivity contribution in [2.75, 3.05) is 5.32 Å². The first-order valence-corrected chi connectivity index (χ1v) is 7.75. The molecule has 1 amide bonds. The molecule has 0 saturated heterocycles. The Hall–Kier alpha value is -2.09. The van der Waals surface area contributed by atoms with Gasteiger partial charge in [-0.25, -0.2) is 0 Å². The Morgan fingerprint density at radius 2 is 1.95 bits per heavy atom. The average Bonchev–Trinajstić information content (AvgIpc) is 2.97. The molecular weight excluding hydrogens is 340 g/mol. The molecule has 0 unspecified atom stereocenters. The minimum Gasteiger partial charge on any atom is -0.331 e. The fourth-order valence-corrected chi connectivity index (χ4v) is 2.85. The Balaban J connectivity index is 1.74. The lowest BCUT2D eigenvalue weighted by molar-refractivity contribution is 0.0978. The van der Waals surface area contributed by atoms with Gasteiger partial charge in [0.25, 0.3) is 5.91 Å². The number of nitrogens with zero attached hydrogens (tertiary/aromatic N) is 2. The molecule has 1 aromatic heterocycles. The Morgan fingerprint density at radius 3 is 2.77 bits per heavy atom. The molecule has 0 spiro atoms. The van der Waals surface area contributed by atoms with E-state index in [1.807, 2.05) is 18.2 Å². The van der Waals surface area contributed by atoms with E-state index < -0.39 is 0 Å². The van der Waals surface area contributed by atoms with Crippen molar-refractivity contribution >= 4 is 63.3 Å². The maximum Gasteiger partial charge on any atom is 0.258 e. The van der Waals surface area contributed by atoms with Crippen molar-refractivity contribution in [1.82, 2.24) is 14.1 Å². The predicted octanol–water partition coefficient (Wildman–Crippen LogP) is 3.47. The third-order valence-electron chi connectivity index (χ3n) is 2.88. The summed E-state index contributed by atoms with van der Waals surface area (Å²) < 4.78 is 8.35. The van der Waals surface area contributed by atoms with Gasteiger partial charge in [-0.15, -0.1) is 0 Å². The van der Waals surface area contributed by atoms with E-state index in [0.29, 0.717) is 21.8 Å². The van der Waals surface area contributed by atoms with Gasteiger partial charge in [0.05, 0.1) is 28.0 Å². The third kappa shape index (κ3) is 3.06. The van der Waals surface area contributed by atoms with E-state index in [1.165, 1.54) is 0 Å². The van der Waals surface area contributed by atoms with Crippen molar-refractivity contribution in [1.29, 1.82) is 0 Å². The molecule has 0 fully saturated rings. The molecule has 3 aromatic rings. The third-order valence-corrected chi connectivity index (χ3v) is 3.96. The molecule has 5 nitrogen and oxygen atoms in total. The van der Waals surface area contributed by atoms with Crippen LogP contribution in [-0.2, 0) is 0 Å². The van der Waals surface area contributed by atoms with Crippen molar-refractivity contribution in [3.63, 3.8) is 0 Å². The molecule has 0 aliphatic carbocycles. The zero-order chi connectivity index (χ0) is 15.5. The maximum absolute atomic E-state index is 12.1. The summed E-state index contributed by atoms with van der Waals surface area (Å²) in [4.78, 5) is 12.1. The number of anilines is 1. The van der Waals surface area contributed by atoms with Crippen LogP contribution in [0.2, 0.25) is 5.02 Å². The molecule has 1 heterocycles. The molecule has 22 heavy (non-hydrogen) atoms. The molecule has 0 radical (unpaired) electrons. The van der Waals surface area contributed by atoms with Crippen LogP contribution in [0.5, 0.6) is 0 Å². The van der Waals surface area contributed by atoms with Gasteiger partial charge >= 0.3 is 0 Å². The second kappa shape index (κ2) is 6.35. The smallest absolute Gasteiger partial charge is 0.258 e. The summed E-state index contributed by atoms with van der Waals surface area (Å²) in [6.45, 7) is 0. The fraction of sp³-hybridized carbons (Fsp3) is 0. The first-order valence-electron chi connectivity index (χ1n) is 6.23. The summed E-state index contributed by atoms with van der Waals surface area (Å²) in [6, 6.07) is 12.3. The summed E-state index contributed by atoms with van der Waals surface area (Å²) in [5.74, 6) is -0.369. The summed E-state index contributed by atoms with van der Waals surface area (Å²) in [5.41, 5.74) is 2.54. The van der Waals surface area contributed by atoms with Crippen molar-refractivity contribution in [2.45, 2.75) is 0 Å². The van der Waals surface area contributed by atoms with Crippen molar-refractivity contribution in [3.8, 4) is 0 Å². The van der Waals surface area contributed by atoms with Gasteiger partial charge in [0.1, 0.15) is 11.0 Å². The second-order valence-electron chi connectivity index (χ2n) is 4.33. The topological polar surface area (TPSA) is 66.9 Å². The first kappa shape index (κ1) is 14.8. The van der Waals surface area contributed by atoms with E-state index in [2.05, 4.69) is 19.4 Å². The van der Waals surface area contributed by atoms with Gasteiger partial charge < -0.3 is 5.32 Å². The van der Waals surface area contributed by atoms with Crippen LogP contribution >= 0.6 is 35.5 Å². The standard InChI is InChI=1S/C14H9ClN4OS2/c15-9-5-2-1-4-8(9)13(20)17-14(21)16-10-6-3-7-11-12(10)19-22-18-11/h1-7H,(H2,16,17,20,21). The number of benzene rings is 2. The molecule has 2 aromatic carbocycles. The van der Waals surface area contributed by atoms with E-state index in [1.54, 1.807) is 24.3 Å². The van der Waals surface area contributed by atoms with Crippen molar-refractivity contribution in [2.24, 2.45) is 0 Å².